The van der Waals surface area contributed by atoms with Gasteiger partial charge in [-0.2, -0.15) is 0 Å². The maximum atomic E-state index is 13.5. The minimum atomic E-state index is -4.13. The molecule has 1 saturated heterocycles. The van der Waals surface area contributed by atoms with Gasteiger partial charge in [0, 0.05) is 13.2 Å². The molecule has 0 bridgehead atoms. The number of sulfonamides is 1. The van der Waals surface area contributed by atoms with E-state index in [2.05, 4.69) is 21.2 Å². The van der Waals surface area contributed by atoms with Gasteiger partial charge in [-0.3, -0.25) is 4.79 Å². The average molecular weight is 381 g/mol. The Kier molecular flexibility index (Phi) is 4.97. The Hall–Kier alpha value is -1.03. The lowest BCUT2D eigenvalue weighted by molar-refractivity contribution is 0.0856. The molecule has 3 N–H and O–H groups in total. The van der Waals surface area contributed by atoms with E-state index in [1.807, 2.05) is 0 Å². The molecule has 1 unspecified atom stereocenters. The van der Waals surface area contributed by atoms with Crippen molar-refractivity contribution in [2.24, 2.45) is 5.14 Å². The summed E-state index contributed by atoms with van der Waals surface area (Å²) in [5.74, 6) is -1.45. The first-order chi connectivity index (χ1) is 9.79. The van der Waals surface area contributed by atoms with Crippen LogP contribution in [0.15, 0.2) is 21.5 Å². The fourth-order valence-electron chi connectivity index (χ4n) is 2.04. The van der Waals surface area contributed by atoms with Crippen molar-refractivity contribution >= 4 is 31.9 Å². The normalized spacial score (nSPS) is 18.7. The van der Waals surface area contributed by atoms with E-state index < -0.39 is 26.6 Å². The summed E-state index contributed by atoms with van der Waals surface area (Å²) in [4.78, 5) is 11.6. The van der Waals surface area contributed by atoms with Crippen LogP contribution < -0.4 is 10.5 Å². The molecular weight excluding hydrogens is 367 g/mol. The van der Waals surface area contributed by atoms with Gasteiger partial charge in [-0.15, -0.1) is 0 Å². The van der Waals surface area contributed by atoms with E-state index in [1.165, 1.54) is 0 Å². The van der Waals surface area contributed by atoms with Crippen LogP contribution in [0, 0.1) is 5.82 Å². The van der Waals surface area contributed by atoms with Gasteiger partial charge in [0.05, 0.1) is 21.0 Å². The summed E-state index contributed by atoms with van der Waals surface area (Å²) in [6.07, 6.45) is 1.70. The second kappa shape index (κ2) is 6.39. The Labute approximate surface area is 130 Å². The molecule has 2 rings (SSSR count). The molecule has 0 radical (unpaired) electrons. The van der Waals surface area contributed by atoms with Crippen molar-refractivity contribution in [1.82, 2.24) is 5.32 Å². The summed E-state index contributed by atoms with van der Waals surface area (Å²) in [6.45, 7) is 0.937. The van der Waals surface area contributed by atoms with Gasteiger partial charge in [0.15, 0.2) is 0 Å². The van der Waals surface area contributed by atoms with E-state index >= 15 is 0 Å². The number of carbonyl (C=O) groups excluding carboxylic acids is 1. The number of hydrogen-bond donors (Lipinski definition) is 2. The summed E-state index contributed by atoms with van der Waals surface area (Å²) in [7, 11) is -4.13. The van der Waals surface area contributed by atoms with Crippen LogP contribution in [0.2, 0.25) is 0 Å². The highest BCUT2D eigenvalue weighted by molar-refractivity contribution is 9.10. The van der Waals surface area contributed by atoms with Gasteiger partial charge in [-0.1, -0.05) is 0 Å². The van der Waals surface area contributed by atoms with Gasteiger partial charge in [-0.05, 0) is 40.9 Å². The predicted molar refractivity (Wildman–Crippen MR) is 76.8 cm³/mol. The minimum absolute atomic E-state index is 0.0590. The van der Waals surface area contributed by atoms with Crippen LogP contribution in [0.4, 0.5) is 4.39 Å². The minimum Gasteiger partial charge on any atom is -0.376 e. The maximum Gasteiger partial charge on any atom is 0.252 e. The Morgan fingerprint density at radius 2 is 2.24 bits per heavy atom. The fraction of sp³-hybridized carbons (Fsp3) is 0.417. The number of amides is 1. The van der Waals surface area contributed by atoms with Crippen LogP contribution in [0.5, 0.6) is 0 Å². The van der Waals surface area contributed by atoms with Crippen LogP contribution in [-0.4, -0.2) is 33.6 Å². The summed E-state index contributed by atoms with van der Waals surface area (Å²) >= 11 is 2.99. The van der Waals surface area contributed by atoms with Crippen molar-refractivity contribution in [1.29, 1.82) is 0 Å². The molecule has 1 aliphatic heterocycles. The average Bonchev–Trinajstić information content (AvgIpc) is 2.90. The van der Waals surface area contributed by atoms with Gasteiger partial charge in [0.25, 0.3) is 5.91 Å². The lowest BCUT2D eigenvalue weighted by Gasteiger charge is -2.13. The fourth-order valence-corrected chi connectivity index (χ4v) is 3.77. The van der Waals surface area contributed by atoms with Crippen LogP contribution >= 0.6 is 15.9 Å². The van der Waals surface area contributed by atoms with Crippen molar-refractivity contribution < 1.29 is 22.3 Å². The molecule has 0 aliphatic carbocycles. The van der Waals surface area contributed by atoms with Gasteiger partial charge in [0.1, 0.15) is 5.82 Å². The molecule has 1 aliphatic rings. The van der Waals surface area contributed by atoms with Crippen molar-refractivity contribution in [2.75, 3.05) is 13.2 Å². The first-order valence-corrected chi connectivity index (χ1v) is 8.54. The molecule has 0 saturated carbocycles. The van der Waals surface area contributed by atoms with Gasteiger partial charge < -0.3 is 10.1 Å². The van der Waals surface area contributed by atoms with Gasteiger partial charge >= 0.3 is 0 Å². The van der Waals surface area contributed by atoms with Crippen molar-refractivity contribution in [3.8, 4) is 0 Å². The third-order valence-electron chi connectivity index (χ3n) is 3.07. The van der Waals surface area contributed by atoms with Crippen LogP contribution in [0.25, 0.3) is 0 Å². The van der Waals surface area contributed by atoms with E-state index in [9.17, 15) is 17.6 Å². The molecule has 6 nitrogen and oxygen atoms in total. The second-order valence-corrected chi connectivity index (χ2v) is 6.98. The molecule has 0 aromatic heterocycles. The smallest absolute Gasteiger partial charge is 0.252 e. The quantitative estimate of drug-likeness (QED) is 0.817. The van der Waals surface area contributed by atoms with Gasteiger partial charge in [-0.25, -0.2) is 17.9 Å². The number of rotatable bonds is 4. The highest BCUT2D eigenvalue weighted by Gasteiger charge is 2.22. The first kappa shape index (κ1) is 16.3. The van der Waals surface area contributed by atoms with Crippen LogP contribution in [0.1, 0.15) is 23.2 Å². The second-order valence-electron chi connectivity index (χ2n) is 4.66. The van der Waals surface area contributed by atoms with Crippen molar-refractivity contribution in [3.05, 3.63) is 28.0 Å². The first-order valence-electron chi connectivity index (χ1n) is 6.20. The molecular formula is C12H14BrFN2O4S. The molecule has 21 heavy (non-hydrogen) atoms. The Bertz CT molecular complexity index is 659. The number of primary sulfonamides is 1. The highest BCUT2D eigenvalue weighted by atomic mass is 79.9. The zero-order valence-electron chi connectivity index (χ0n) is 10.9. The van der Waals surface area contributed by atoms with E-state index in [-0.39, 0.29) is 22.7 Å². The van der Waals surface area contributed by atoms with Crippen molar-refractivity contribution in [2.45, 2.75) is 23.8 Å². The summed E-state index contributed by atoms with van der Waals surface area (Å²) in [6, 6.07) is 1.71. The summed E-state index contributed by atoms with van der Waals surface area (Å²) in [5.41, 5.74) is -0.128. The SMILES string of the molecule is NS(=O)(=O)c1cc(F)cc(C(=O)NCC2CCCO2)c1Br. The largest absolute Gasteiger partial charge is 0.376 e. The van der Waals surface area contributed by atoms with Crippen molar-refractivity contribution in [3.63, 3.8) is 0 Å². The third kappa shape index (κ3) is 4.00. The zero-order chi connectivity index (χ0) is 15.6. The molecule has 1 heterocycles. The lowest BCUT2D eigenvalue weighted by Crippen LogP contribution is -2.32. The maximum absolute atomic E-state index is 13.5. The molecule has 0 spiro atoms. The topological polar surface area (TPSA) is 98.5 Å². The Morgan fingerprint density at radius 3 is 2.81 bits per heavy atom. The number of nitrogens with two attached hydrogens (primary N) is 1. The number of nitrogens with one attached hydrogen (secondary N) is 1. The van der Waals surface area contributed by atoms with E-state index in [0.717, 1.165) is 25.0 Å². The molecule has 9 heteroatoms. The number of hydrogen-bond acceptors (Lipinski definition) is 4. The molecule has 116 valence electrons. The predicted octanol–water partition coefficient (Wildman–Crippen LogP) is 1.14. The standard InChI is InChI=1S/C12H14BrFN2O4S/c13-11-9(4-7(14)5-10(11)21(15,18)19)12(17)16-6-8-2-1-3-20-8/h4-5,8H,1-3,6H2,(H,16,17)(H2,15,18,19). The summed E-state index contributed by atoms with van der Waals surface area (Å²) in [5, 5.41) is 7.58. The van der Waals surface area contributed by atoms with Crippen LogP contribution in [-0.2, 0) is 14.8 Å². The van der Waals surface area contributed by atoms with Gasteiger partial charge in [0.2, 0.25) is 10.0 Å². The highest BCUT2D eigenvalue weighted by Crippen LogP contribution is 2.26. The Morgan fingerprint density at radius 1 is 1.52 bits per heavy atom. The van der Waals surface area contributed by atoms with E-state index in [0.29, 0.717) is 6.61 Å². The number of ether oxygens (including phenoxy) is 1. The lowest BCUT2D eigenvalue weighted by atomic mass is 10.2. The number of benzene rings is 1. The molecule has 1 amide bonds. The number of carbonyl (C=O) groups is 1. The number of halogens is 2. The molecule has 1 fully saturated rings. The Balaban J connectivity index is 2.22. The van der Waals surface area contributed by atoms with Crippen LogP contribution in [0.3, 0.4) is 0 Å². The monoisotopic (exact) mass is 380 g/mol. The summed E-state index contributed by atoms with van der Waals surface area (Å²) < 4.78 is 41.5. The molecule has 1 aromatic rings. The zero-order valence-corrected chi connectivity index (χ0v) is 13.3. The molecule has 1 aromatic carbocycles. The molecule has 1 atom stereocenters. The third-order valence-corrected chi connectivity index (χ3v) is 5.12. The van der Waals surface area contributed by atoms with E-state index in [4.69, 9.17) is 9.88 Å². The van der Waals surface area contributed by atoms with E-state index in [1.54, 1.807) is 0 Å².